The molecule has 1 amide bonds. The van der Waals surface area contributed by atoms with Crippen molar-refractivity contribution in [3.63, 3.8) is 0 Å². The summed E-state index contributed by atoms with van der Waals surface area (Å²) in [6.45, 7) is 8.35. The average molecular weight is 577 g/mol. The highest BCUT2D eigenvalue weighted by molar-refractivity contribution is 6.04. The van der Waals surface area contributed by atoms with E-state index in [2.05, 4.69) is 27.8 Å². The van der Waals surface area contributed by atoms with Crippen LogP contribution in [0.2, 0.25) is 0 Å². The third-order valence-electron chi connectivity index (χ3n) is 7.31. The van der Waals surface area contributed by atoms with E-state index in [1.807, 2.05) is 32.4 Å². The van der Waals surface area contributed by atoms with Crippen LogP contribution < -0.4 is 16.2 Å². The van der Waals surface area contributed by atoms with Crippen molar-refractivity contribution in [2.45, 2.75) is 71.6 Å². The summed E-state index contributed by atoms with van der Waals surface area (Å²) >= 11 is 0. The van der Waals surface area contributed by atoms with E-state index in [-0.39, 0.29) is 23.2 Å². The third-order valence-corrected chi connectivity index (χ3v) is 7.31. The Kier molecular flexibility index (Phi) is 8.45. The van der Waals surface area contributed by atoms with Crippen molar-refractivity contribution in [1.82, 2.24) is 24.6 Å². The molecule has 12 heteroatoms. The molecule has 0 unspecified atom stereocenters. The van der Waals surface area contributed by atoms with Gasteiger partial charge >= 0.3 is 6.18 Å². The molecule has 8 nitrogen and oxygen atoms in total. The monoisotopic (exact) mass is 576 g/mol. The predicted octanol–water partition coefficient (Wildman–Crippen LogP) is 5.17. The van der Waals surface area contributed by atoms with Crippen LogP contribution in [0.4, 0.5) is 23.2 Å². The maximum absolute atomic E-state index is 15.0. The molecule has 0 radical (unpaired) electrons. The first-order chi connectivity index (χ1) is 19.1. The van der Waals surface area contributed by atoms with E-state index in [1.54, 1.807) is 12.4 Å². The van der Waals surface area contributed by atoms with Gasteiger partial charge in [0.25, 0.3) is 11.5 Å². The fraction of sp³-hybridized carbons (Fsp3) is 0.517. The van der Waals surface area contributed by atoms with Gasteiger partial charge in [-0.25, -0.2) is 4.39 Å². The summed E-state index contributed by atoms with van der Waals surface area (Å²) in [6.07, 6.45) is -1.28. The van der Waals surface area contributed by atoms with E-state index in [0.717, 1.165) is 28.8 Å². The summed E-state index contributed by atoms with van der Waals surface area (Å²) in [7, 11) is 1.83. The van der Waals surface area contributed by atoms with Gasteiger partial charge < -0.3 is 19.8 Å². The van der Waals surface area contributed by atoms with Crippen LogP contribution in [0.1, 0.15) is 74.3 Å². The highest BCUT2D eigenvalue weighted by atomic mass is 19.4. The molecule has 0 atom stereocenters. The van der Waals surface area contributed by atoms with Gasteiger partial charge in [-0.1, -0.05) is 33.8 Å². The second-order valence-corrected chi connectivity index (χ2v) is 12.3. The van der Waals surface area contributed by atoms with E-state index in [4.69, 9.17) is 0 Å². The quantitative estimate of drug-likeness (QED) is 0.343. The topological polar surface area (TPSA) is 93.8 Å². The van der Waals surface area contributed by atoms with Crippen LogP contribution in [0, 0.1) is 17.2 Å². The zero-order chi connectivity index (χ0) is 30.2. The molecule has 41 heavy (non-hydrogen) atoms. The number of anilines is 1. The van der Waals surface area contributed by atoms with Gasteiger partial charge in [-0.15, -0.1) is 10.2 Å². The van der Waals surface area contributed by atoms with Gasteiger partial charge in [-0.2, -0.15) is 13.2 Å². The van der Waals surface area contributed by atoms with Crippen molar-refractivity contribution in [2.75, 3.05) is 11.9 Å². The lowest BCUT2D eigenvalue weighted by molar-refractivity contribution is -0.136. The Balaban J connectivity index is 1.66. The molecule has 1 aromatic carbocycles. The summed E-state index contributed by atoms with van der Waals surface area (Å²) < 4.78 is 56.6. The number of carbonyl (C=O) groups excluding carboxylic acids is 1. The van der Waals surface area contributed by atoms with Crippen LogP contribution in [0.15, 0.2) is 41.6 Å². The number of alkyl halides is 3. The number of nitrogens with one attached hydrogen (secondary N) is 2. The second-order valence-electron chi connectivity index (χ2n) is 12.3. The van der Waals surface area contributed by atoms with E-state index in [0.29, 0.717) is 18.0 Å². The van der Waals surface area contributed by atoms with Crippen molar-refractivity contribution < 1.29 is 22.4 Å². The predicted molar refractivity (Wildman–Crippen MR) is 147 cm³/mol. The minimum atomic E-state index is -4.48. The number of amides is 1. The lowest BCUT2D eigenvalue weighted by atomic mass is 9.58. The third kappa shape index (κ3) is 7.03. The van der Waals surface area contributed by atoms with E-state index >= 15 is 0 Å². The van der Waals surface area contributed by atoms with Crippen LogP contribution in [0.25, 0.3) is 0 Å². The maximum atomic E-state index is 15.0. The Morgan fingerprint density at radius 3 is 2.46 bits per heavy atom. The van der Waals surface area contributed by atoms with Crippen LogP contribution in [-0.4, -0.2) is 38.0 Å². The van der Waals surface area contributed by atoms with Crippen molar-refractivity contribution in [1.29, 1.82) is 0 Å². The Morgan fingerprint density at radius 1 is 1.17 bits per heavy atom. The van der Waals surface area contributed by atoms with Gasteiger partial charge in [0.1, 0.15) is 23.5 Å². The van der Waals surface area contributed by atoms with Gasteiger partial charge in [0, 0.05) is 32.9 Å². The summed E-state index contributed by atoms with van der Waals surface area (Å²) in [5.74, 6) is -0.482. The van der Waals surface area contributed by atoms with E-state index in [1.165, 1.54) is 24.4 Å². The Labute approximate surface area is 236 Å². The van der Waals surface area contributed by atoms with Crippen molar-refractivity contribution in [2.24, 2.45) is 18.4 Å². The number of pyridine rings is 1. The Morgan fingerprint density at radius 2 is 1.88 bits per heavy atom. The molecule has 4 rings (SSSR count). The largest absolute Gasteiger partial charge is 0.390 e. The van der Waals surface area contributed by atoms with Crippen LogP contribution in [0.5, 0.6) is 0 Å². The maximum Gasteiger partial charge on any atom is 0.390 e. The molecule has 2 aromatic heterocycles. The number of nitrogens with zero attached hydrogens (tertiary/aromatic N) is 4. The first-order valence-corrected chi connectivity index (χ1v) is 13.5. The molecule has 0 saturated heterocycles. The highest BCUT2D eigenvalue weighted by Crippen LogP contribution is 2.51. The van der Waals surface area contributed by atoms with Crippen molar-refractivity contribution in [3.8, 4) is 0 Å². The zero-order valence-corrected chi connectivity index (χ0v) is 23.9. The average Bonchev–Trinajstić information content (AvgIpc) is 3.27. The molecule has 3 aromatic rings. The smallest absolute Gasteiger partial charge is 0.320 e. The van der Waals surface area contributed by atoms with E-state index in [9.17, 15) is 27.2 Å². The summed E-state index contributed by atoms with van der Waals surface area (Å²) in [6, 6.07) is 5.77. The molecule has 1 fully saturated rings. The number of benzene rings is 1. The zero-order valence-electron chi connectivity index (χ0n) is 23.9. The first kappa shape index (κ1) is 30.4. The summed E-state index contributed by atoms with van der Waals surface area (Å²) in [5.41, 5.74) is -0.759. The molecule has 1 saturated carbocycles. The number of hydrogen-bond donors (Lipinski definition) is 2. The Hall–Kier alpha value is -3.54. The van der Waals surface area contributed by atoms with Crippen molar-refractivity contribution in [3.05, 3.63) is 75.5 Å². The minimum Gasteiger partial charge on any atom is -0.320 e. The molecule has 222 valence electrons. The molecule has 0 bridgehead atoms. The lowest BCUT2D eigenvalue weighted by Crippen LogP contribution is -2.43. The normalized spacial score (nSPS) is 19.2. The number of aryl methyl sites for hydroxylation is 2. The SMILES string of the molecule is CC1CC(c2ccc(F)c(NC(=O)c3cc(CNCC(C)(C)C)cn(CCC(F)(F)F)c3=O)c2)(c2nncn2C)C1. The van der Waals surface area contributed by atoms with Crippen LogP contribution in [0.3, 0.4) is 0 Å². The number of aromatic nitrogens is 4. The van der Waals surface area contributed by atoms with Crippen molar-refractivity contribution >= 4 is 11.6 Å². The molecule has 2 heterocycles. The van der Waals surface area contributed by atoms with Crippen LogP contribution >= 0.6 is 0 Å². The standard InChI is InChI=1S/C29H36F4N6O2/c1-18-12-28(13-18,26-37-35-17-38(26)5)20-6-7-22(30)23(11-20)36-24(40)21-10-19(14-34-16-27(2,3)4)15-39(25(21)41)9-8-29(31,32)33/h6-7,10-11,15,17-18,34H,8-9,12-14,16H2,1-5H3,(H,36,40). The Bertz CT molecular complexity index is 1470. The lowest BCUT2D eigenvalue weighted by Gasteiger charge is -2.46. The number of rotatable bonds is 9. The molecule has 1 aliphatic carbocycles. The first-order valence-electron chi connectivity index (χ1n) is 13.5. The molecule has 0 aliphatic heterocycles. The van der Waals surface area contributed by atoms with Gasteiger partial charge in [-0.05, 0) is 53.5 Å². The highest BCUT2D eigenvalue weighted by Gasteiger charge is 2.48. The number of carbonyl (C=O) groups is 1. The summed E-state index contributed by atoms with van der Waals surface area (Å²) in [5, 5.41) is 14.0. The number of halogens is 4. The van der Waals surface area contributed by atoms with E-state index < -0.39 is 41.8 Å². The molecule has 2 N–H and O–H groups in total. The second kappa shape index (κ2) is 11.4. The number of hydrogen-bond acceptors (Lipinski definition) is 5. The van der Waals surface area contributed by atoms with Crippen LogP contribution in [-0.2, 0) is 25.6 Å². The minimum absolute atomic E-state index is 0.0614. The fourth-order valence-electron chi connectivity index (χ4n) is 5.45. The van der Waals surface area contributed by atoms with Gasteiger partial charge in [0.15, 0.2) is 0 Å². The summed E-state index contributed by atoms with van der Waals surface area (Å²) in [4.78, 5) is 26.4. The van der Waals surface area contributed by atoms with Gasteiger partial charge in [0.05, 0.1) is 17.5 Å². The van der Waals surface area contributed by atoms with Gasteiger partial charge in [0.2, 0.25) is 0 Å². The molecular formula is C29H36F4N6O2. The molecule has 0 spiro atoms. The van der Waals surface area contributed by atoms with Gasteiger partial charge in [-0.3, -0.25) is 9.59 Å². The fourth-order valence-corrected chi connectivity index (χ4v) is 5.45. The molecular weight excluding hydrogens is 540 g/mol. The molecule has 1 aliphatic rings.